The van der Waals surface area contributed by atoms with Gasteiger partial charge in [0, 0.05) is 63.3 Å². The van der Waals surface area contributed by atoms with Crippen LogP contribution in [0.3, 0.4) is 0 Å². The van der Waals surface area contributed by atoms with Crippen LogP contribution >= 0.6 is 0 Å². The first-order valence-electron chi connectivity index (χ1n) is 12.3. The smallest absolute Gasteiger partial charge is 0.410 e. The van der Waals surface area contributed by atoms with Gasteiger partial charge in [0.25, 0.3) is 0 Å². The molecule has 2 aliphatic heterocycles. The van der Waals surface area contributed by atoms with Crippen molar-refractivity contribution in [2.45, 2.75) is 26.4 Å². The molecule has 204 valence electrons. The van der Waals surface area contributed by atoms with Crippen molar-refractivity contribution >= 4 is 41.0 Å². The molecule has 2 fully saturated rings. The van der Waals surface area contributed by atoms with Crippen LogP contribution in [0.1, 0.15) is 20.8 Å². The Morgan fingerprint density at radius 2 is 1.76 bits per heavy atom. The molecule has 0 saturated carbocycles. The van der Waals surface area contributed by atoms with E-state index < -0.39 is 10.5 Å². The lowest BCUT2D eigenvalue weighted by Gasteiger charge is -2.36. The number of aromatic nitrogens is 2. The molecule has 0 spiro atoms. The van der Waals surface area contributed by atoms with Crippen molar-refractivity contribution in [2.75, 3.05) is 68.0 Å². The largest absolute Gasteiger partial charge is 0.444 e. The number of ether oxygens (including phenoxy) is 2. The maximum atomic E-state index is 12.5. The van der Waals surface area contributed by atoms with E-state index in [9.17, 15) is 19.7 Å². The summed E-state index contributed by atoms with van der Waals surface area (Å²) < 4.78 is 10.7. The molecule has 2 aromatic rings. The summed E-state index contributed by atoms with van der Waals surface area (Å²) >= 11 is 0. The molecule has 14 heteroatoms. The lowest BCUT2D eigenvalue weighted by atomic mass is 10.2. The number of piperazine rings is 1. The van der Waals surface area contributed by atoms with Gasteiger partial charge in [-0.3, -0.25) is 15.4 Å². The number of anilines is 4. The van der Waals surface area contributed by atoms with Crippen LogP contribution in [-0.2, 0) is 9.47 Å². The monoisotopic (exact) mass is 528 g/mol. The Morgan fingerprint density at radius 1 is 1.05 bits per heavy atom. The molecule has 2 aliphatic rings. The quantitative estimate of drug-likeness (QED) is 0.437. The summed E-state index contributed by atoms with van der Waals surface area (Å²) in [7, 11) is 0. The summed E-state index contributed by atoms with van der Waals surface area (Å²) in [5.74, 6) is 0.888. The van der Waals surface area contributed by atoms with Gasteiger partial charge in [-0.05, 0) is 32.9 Å². The summed E-state index contributed by atoms with van der Waals surface area (Å²) in [6.45, 7) is 9.25. The second-order valence-corrected chi connectivity index (χ2v) is 9.83. The van der Waals surface area contributed by atoms with E-state index >= 15 is 0 Å². The number of morpholine rings is 1. The fraction of sp³-hybridized carbons (Fsp3) is 0.500. The molecule has 2 aromatic heterocycles. The zero-order valence-electron chi connectivity index (χ0n) is 21.7. The highest BCUT2D eigenvalue weighted by Gasteiger charge is 2.27. The molecule has 2 saturated heterocycles. The van der Waals surface area contributed by atoms with Crippen molar-refractivity contribution in [1.82, 2.24) is 19.8 Å². The van der Waals surface area contributed by atoms with Gasteiger partial charge in [-0.25, -0.2) is 19.6 Å². The van der Waals surface area contributed by atoms with E-state index in [0.717, 1.165) is 0 Å². The summed E-state index contributed by atoms with van der Waals surface area (Å²) in [5.41, 5.74) is -0.302. The Hall–Kier alpha value is -4.20. The molecular formula is C24H32N8O6. The van der Waals surface area contributed by atoms with Crippen LogP contribution in [0.25, 0.3) is 0 Å². The molecule has 0 atom stereocenters. The lowest BCUT2D eigenvalue weighted by Crippen LogP contribution is -2.50. The third-order valence-corrected chi connectivity index (χ3v) is 5.87. The number of nitrogens with zero attached hydrogens (tertiary/aromatic N) is 6. The molecule has 14 nitrogen and oxygen atoms in total. The van der Waals surface area contributed by atoms with Crippen LogP contribution in [0.15, 0.2) is 30.5 Å². The van der Waals surface area contributed by atoms with Crippen LogP contribution in [0.4, 0.5) is 38.4 Å². The van der Waals surface area contributed by atoms with Gasteiger partial charge >= 0.3 is 17.8 Å². The number of carbonyl (C=O) groups excluding carboxylic acids is 2. The molecule has 3 amide bonds. The number of urea groups is 1. The Morgan fingerprint density at radius 3 is 2.42 bits per heavy atom. The Kier molecular flexibility index (Phi) is 8.10. The molecule has 0 radical (unpaired) electrons. The molecule has 4 heterocycles. The molecule has 38 heavy (non-hydrogen) atoms. The topological polar surface area (TPSA) is 155 Å². The molecule has 2 N–H and O–H groups in total. The number of hydrogen-bond donors (Lipinski definition) is 2. The van der Waals surface area contributed by atoms with Gasteiger partial charge in [0.05, 0.1) is 18.1 Å². The summed E-state index contributed by atoms with van der Waals surface area (Å²) in [6, 6.07) is 5.90. The number of carbonyl (C=O) groups is 2. The number of amides is 3. The predicted molar refractivity (Wildman–Crippen MR) is 140 cm³/mol. The summed E-state index contributed by atoms with van der Waals surface area (Å²) in [5, 5.41) is 17.4. The van der Waals surface area contributed by atoms with Crippen LogP contribution < -0.4 is 15.5 Å². The zero-order chi connectivity index (χ0) is 27.3. The maximum Gasteiger partial charge on any atom is 0.410 e. The SMILES string of the molecule is CC(C)(C)OC(=O)N1CCN(c2ccc([N+](=O)[O-])c(Nc3ccnc(NC(=O)N4CCOCC4)c3)n2)CC1. The average Bonchev–Trinajstić information content (AvgIpc) is 2.88. The second kappa shape index (κ2) is 11.5. The van der Waals surface area contributed by atoms with E-state index in [1.54, 1.807) is 28.0 Å². The molecule has 0 aliphatic carbocycles. The fourth-order valence-corrected chi connectivity index (χ4v) is 3.97. The first-order valence-corrected chi connectivity index (χ1v) is 12.3. The third kappa shape index (κ3) is 6.97. The molecule has 4 rings (SSSR count). The number of nitro groups is 1. The molecular weight excluding hydrogens is 496 g/mol. The van der Waals surface area contributed by atoms with Crippen molar-refractivity contribution in [3.8, 4) is 0 Å². The van der Waals surface area contributed by atoms with Gasteiger partial charge in [-0.2, -0.15) is 0 Å². The lowest BCUT2D eigenvalue weighted by molar-refractivity contribution is -0.384. The first kappa shape index (κ1) is 26.9. The van der Waals surface area contributed by atoms with Gasteiger partial charge in [-0.1, -0.05) is 0 Å². The summed E-state index contributed by atoms with van der Waals surface area (Å²) in [4.78, 5) is 49.9. The van der Waals surface area contributed by atoms with E-state index in [2.05, 4.69) is 20.6 Å². The minimum Gasteiger partial charge on any atom is -0.444 e. The number of hydrogen-bond acceptors (Lipinski definition) is 10. The van der Waals surface area contributed by atoms with Crippen LogP contribution in [0.2, 0.25) is 0 Å². The van der Waals surface area contributed by atoms with Crippen LogP contribution in [0.5, 0.6) is 0 Å². The van der Waals surface area contributed by atoms with Crippen molar-refractivity contribution in [1.29, 1.82) is 0 Å². The van der Waals surface area contributed by atoms with E-state index in [1.807, 2.05) is 25.7 Å². The van der Waals surface area contributed by atoms with Crippen LogP contribution in [0, 0.1) is 10.1 Å². The van der Waals surface area contributed by atoms with Gasteiger partial charge in [0.2, 0.25) is 5.82 Å². The van der Waals surface area contributed by atoms with Crippen molar-refractivity contribution in [3.63, 3.8) is 0 Å². The van der Waals surface area contributed by atoms with E-state index in [1.165, 1.54) is 12.3 Å². The minimum absolute atomic E-state index is 0.0544. The molecule has 0 unspecified atom stereocenters. The van der Waals surface area contributed by atoms with Gasteiger partial charge in [0.15, 0.2) is 0 Å². The van der Waals surface area contributed by atoms with Crippen LogP contribution in [-0.4, -0.2) is 94.9 Å². The number of pyridine rings is 2. The summed E-state index contributed by atoms with van der Waals surface area (Å²) in [6.07, 6.45) is 1.12. The van der Waals surface area contributed by atoms with Crippen molar-refractivity contribution in [2.24, 2.45) is 0 Å². The normalized spacial score (nSPS) is 16.1. The first-order chi connectivity index (χ1) is 18.1. The highest BCUT2D eigenvalue weighted by atomic mass is 16.6. The standard InChI is InChI=1S/C24H32N8O6/c1-24(2,3)38-23(34)31-10-8-29(9-11-31)20-5-4-18(32(35)36)21(28-20)26-17-6-7-25-19(16-17)27-22(33)30-12-14-37-15-13-30/h4-7,16H,8-15H2,1-3H3,(H2,25,26,27,28,33). The van der Waals surface area contributed by atoms with E-state index in [0.29, 0.717) is 69.8 Å². The highest BCUT2D eigenvalue weighted by molar-refractivity contribution is 5.89. The molecule has 0 aromatic carbocycles. The Labute approximate surface area is 220 Å². The second-order valence-electron chi connectivity index (χ2n) is 9.83. The van der Waals surface area contributed by atoms with E-state index in [4.69, 9.17) is 9.47 Å². The van der Waals surface area contributed by atoms with Gasteiger partial charge < -0.3 is 29.5 Å². The highest BCUT2D eigenvalue weighted by Crippen LogP contribution is 2.29. The van der Waals surface area contributed by atoms with Gasteiger partial charge in [-0.15, -0.1) is 0 Å². The van der Waals surface area contributed by atoms with Crippen molar-refractivity contribution in [3.05, 3.63) is 40.6 Å². The zero-order valence-corrected chi connectivity index (χ0v) is 21.7. The van der Waals surface area contributed by atoms with Crippen molar-refractivity contribution < 1.29 is 24.0 Å². The predicted octanol–water partition coefficient (Wildman–Crippen LogP) is 3.05. The number of rotatable bonds is 5. The Bertz CT molecular complexity index is 1170. The average molecular weight is 529 g/mol. The molecule has 0 bridgehead atoms. The minimum atomic E-state index is -0.577. The maximum absolute atomic E-state index is 12.5. The Balaban J connectivity index is 1.45. The van der Waals surface area contributed by atoms with Gasteiger partial charge in [0.1, 0.15) is 17.2 Å². The third-order valence-electron chi connectivity index (χ3n) is 5.87. The number of nitrogens with one attached hydrogen (secondary N) is 2. The fourth-order valence-electron chi connectivity index (χ4n) is 3.97. The van der Waals surface area contributed by atoms with E-state index in [-0.39, 0.29) is 23.6 Å².